The fourth-order valence-corrected chi connectivity index (χ4v) is 4.68. The minimum Gasteiger partial charge on any atom is -0.482 e. The van der Waals surface area contributed by atoms with Crippen LogP contribution in [0.25, 0.3) is 10.2 Å². The van der Waals surface area contributed by atoms with E-state index in [1.165, 1.54) is 23.2 Å². The van der Waals surface area contributed by atoms with Crippen LogP contribution in [-0.4, -0.2) is 35.4 Å². The zero-order valence-corrected chi connectivity index (χ0v) is 18.2. The molecule has 0 radical (unpaired) electrons. The molecular weight excluding hydrogens is 416 g/mol. The highest BCUT2D eigenvalue weighted by Crippen LogP contribution is 2.34. The number of hydrogen-bond donors (Lipinski definition) is 2. The maximum atomic E-state index is 13.2. The lowest BCUT2D eigenvalue weighted by Crippen LogP contribution is -2.51. The number of nitrogens with one attached hydrogen (secondary N) is 2. The standard InChI is InChI=1S/C22H22N4O4S/c1-4-15(26-16-7-5-6-8-17(16)30-11-19(26)28)21(29)24-14-9-12(2)20-18(10-14)31-22(25-20)23-13(3)27/h5-10,15H,4,11H2,1-3H3,(H,24,29)(H,23,25,27). The fourth-order valence-electron chi connectivity index (χ4n) is 3.65. The smallest absolute Gasteiger partial charge is 0.265 e. The zero-order chi connectivity index (χ0) is 22.1. The van der Waals surface area contributed by atoms with E-state index >= 15 is 0 Å². The lowest BCUT2D eigenvalue weighted by atomic mass is 10.1. The van der Waals surface area contributed by atoms with E-state index in [0.717, 1.165) is 15.8 Å². The van der Waals surface area contributed by atoms with E-state index in [4.69, 9.17) is 4.74 Å². The summed E-state index contributed by atoms with van der Waals surface area (Å²) < 4.78 is 6.34. The van der Waals surface area contributed by atoms with Crippen molar-refractivity contribution in [3.63, 3.8) is 0 Å². The average Bonchev–Trinajstić information content (AvgIpc) is 3.12. The van der Waals surface area contributed by atoms with Crippen LogP contribution in [0.2, 0.25) is 0 Å². The van der Waals surface area contributed by atoms with Gasteiger partial charge in [0.15, 0.2) is 11.7 Å². The van der Waals surface area contributed by atoms with Gasteiger partial charge < -0.3 is 15.4 Å². The number of ether oxygens (including phenoxy) is 1. The molecule has 31 heavy (non-hydrogen) atoms. The van der Waals surface area contributed by atoms with Gasteiger partial charge in [-0.05, 0) is 43.2 Å². The number of carbonyl (C=O) groups is 3. The first-order chi connectivity index (χ1) is 14.9. The molecule has 3 aromatic rings. The van der Waals surface area contributed by atoms with Crippen molar-refractivity contribution < 1.29 is 19.1 Å². The van der Waals surface area contributed by atoms with Crippen molar-refractivity contribution in [2.75, 3.05) is 22.1 Å². The summed E-state index contributed by atoms with van der Waals surface area (Å²) in [5.74, 6) is -0.139. The van der Waals surface area contributed by atoms with Gasteiger partial charge >= 0.3 is 0 Å². The summed E-state index contributed by atoms with van der Waals surface area (Å²) in [5, 5.41) is 6.14. The molecule has 0 aliphatic carbocycles. The fraction of sp³-hybridized carbons (Fsp3) is 0.273. The molecule has 0 bridgehead atoms. The highest BCUT2D eigenvalue weighted by molar-refractivity contribution is 7.22. The molecule has 1 aliphatic rings. The van der Waals surface area contributed by atoms with Gasteiger partial charge in [-0.3, -0.25) is 19.3 Å². The topological polar surface area (TPSA) is 101 Å². The number of aromatic nitrogens is 1. The third kappa shape index (κ3) is 4.09. The molecule has 0 fully saturated rings. The minimum absolute atomic E-state index is 0.0986. The molecule has 1 aromatic heterocycles. The lowest BCUT2D eigenvalue weighted by Gasteiger charge is -2.34. The monoisotopic (exact) mass is 438 g/mol. The number of thiazole rings is 1. The number of rotatable bonds is 5. The van der Waals surface area contributed by atoms with E-state index in [1.807, 2.05) is 38.1 Å². The van der Waals surface area contributed by atoms with Crippen LogP contribution in [0.3, 0.4) is 0 Å². The van der Waals surface area contributed by atoms with E-state index in [0.29, 0.717) is 28.7 Å². The van der Waals surface area contributed by atoms with Crippen molar-refractivity contribution in [3.05, 3.63) is 42.0 Å². The van der Waals surface area contributed by atoms with E-state index in [2.05, 4.69) is 15.6 Å². The first-order valence-corrected chi connectivity index (χ1v) is 10.7. The van der Waals surface area contributed by atoms with Gasteiger partial charge in [0, 0.05) is 12.6 Å². The molecule has 8 nitrogen and oxygen atoms in total. The molecule has 2 heterocycles. The summed E-state index contributed by atoms with van der Waals surface area (Å²) in [4.78, 5) is 43.1. The van der Waals surface area contributed by atoms with Crippen LogP contribution in [-0.2, 0) is 14.4 Å². The van der Waals surface area contributed by atoms with Crippen LogP contribution in [0, 0.1) is 6.92 Å². The zero-order valence-electron chi connectivity index (χ0n) is 17.4. The molecule has 1 atom stereocenters. The highest BCUT2D eigenvalue weighted by Gasteiger charge is 2.34. The predicted molar refractivity (Wildman–Crippen MR) is 121 cm³/mol. The summed E-state index contributed by atoms with van der Waals surface area (Å²) in [5.41, 5.74) is 2.85. The number of hydrogen-bond acceptors (Lipinski definition) is 6. The molecule has 9 heteroatoms. The number of benzene rings is 2. The molecule has 0 saturated heterocycles. The SMILES string of the molecule is CCC(C(=O)Nc1cc(C)c2nc(NC(C)=O)sc2c1)N1C(=O)COc2ccccc21. The summed E-state index contributed by atoms with van der Waals surface area (Å²) in [6.45, 7) is 5.10. The third-order valence-electron chi connectivity index (χ3n) is 4.98. The van der Waals surface area contributed by atoms with Crippen molar-refractivity contribution in [2.45, 2.75) is 33.2 Å². The normalized spacial score (nSPS) is 14.0. The Morgan fingerprint density at radius 2 is 2.03 bits per heavy atom. The molecule has 160 valence electrons. The lowest BCUT2D eigenvalue weighted by molar-refractivity contribution is -0.125. The number of para-hydroxylation sites is 2. The van der Waals surface area contributed by atoms with Crippen LogP contribution in [0.1, 0.15) is 25.8 Å². The molecule has 3 amide bonds. The maximum absolute atomic E-state index is 13.2. The molecule has 2 N–H and O–H groups in total. The second-order valence-corrected chi connectivity index (χ2v) is 8.30. The number of nitrogens with zero attached hydrogens (tertiary/aromatic N) is 2. The van der Waals surface area contributed by atoms with Crippen LogP contribution >= 0.6 is 11.3 Å². The Balaban J connectivity index is 1.61. The van der Waals surface area contributed by atoms with Crippen molar-refractivity contribution in [1.82, 2.24) is 4.98 Å². The molecule has 0 saturated carbocycles. The average molecular weight is 439 g/mol. The van der Waals surface area contributed by atoms with Crippen molar-refractivity contribution in [3.8, 4) is 5.75 Å². The quantitative estimate of drug-likeness (QED) is 0.633. The Hall–Kier alpha value is -3.46. The van der Waals surface area contributed by atoms with Gasteiger partial charge in [0.25, 0.3) is 5.91 Å². The van der Waals surface area contributed by atoms with E-state index in [9.17, 15) is 14.4 Å². The van der Waals surface area contributed by atoms with Gasteiger partial charge in [0.1, 0.15) is 11.8 Å². The summed E-state index contributed by atoms with van der Waals surface area (Å²) in [6, 6.07) is 10.2. The Morgan fingerprint density at radius 1 is 1.26 bits per heavy atom. The third-order valence-corrected chi connectivity index (χ3v) is 5.90. The van der Waals surface area contributed by atoms with Gasteiger partial charge in [-0.15, -0.1) is 0 Å². The first-order valence-electron chi connectivity index (χ1n) is 9.91. The minimum atomic E-state index is -0.676. The van der Waals surface area contributed by atoms with Crippen LogP contribution in [0.5, 0.6) is 5.75 Å². The van der Waals surface area contributed by atoms with Crippen LogP contribution < -0.4 is 20.3 Å². The van der Waals surface area contributed by atoms with Gasteiger partial charge in [0.05, 0.1) is 15.9 Å². The maximum Gasteiger partial charge on any atom is 0.265 e. The molecule has 0 spiro atoms. The second kappa shape index (κ2) is 8.35. The molecule has 4 rings (SSSR count). The number of amides is 3. The van der Waals surface area contributed by atoms with E-state index in [1.54, 1.807) is 12.1 Å². The van der Waals surface area contributed by atoms with Gasteiger partial charge in [0.2, 0.25) is 11.8 Å². The van der Waals surface area contributed by atoms with Gasteiger partial charge in [-0.25, -0.2) is 4.98 Å². The Labute approximate surface area is 183 Å². The van der Waals surface area contributed by atoms with Crippen molar-refractivity contribution in [1.29, 1.82) is 0 Å². The van der Waals surface area contributed by atoms with E-state index < -0.39 is 6.04 Å². The number of anilines is 3. The molecule has 1 aliphatic heterocycles. The summed E-state index contributed by atoms with van der Waals surface area (Å²) in [7, 11) is 0. The largest absolute Gasteiger partial charge is 0.482 e. The Bertz CT molecular complexity index is 1190. The van der Waals surface area contributed by atoms with Crippen molar-refractivity contribution in [2.24, 2.45) is 0 Å². The predicted octanol–water partition coefficient (Wildman–Crippen LogP) is 3.71. The number of fused-ring (bicyclic) bond motifs is 2. The van der Waals surface area contributed by atoms with Gasteiger partial charge in [-0.2, -0.15) is 0 Å². The van der Waals surface area contributed by atoms with E-state index in [-0.39, 0.29) is 24.3 Å². The first kappa shape index (κ1) is 20.8. The second-order valence-electron chi connectivity index (χ2n) is 7.27. The Morgan fingerprint density at radius 3 is 2.77 bits per heavy atom. The summed E-state index contributed by atoms with van der Waals surface area (Å²) >= 11 is 1.34. The summed E-state index contributed by atoms with van der Waals surface area (Å²) in [6.07, 6.45) is 0.445. The van der Waals surface area contributed by atoms with Gasteiger partial charge in [-0.1, -0.05) is 30.4 Å². The molecule has 2 aromatic carbocycles. The number of carbonyl (C=O) groups excluding carboxylic acids is 3. The molecular formula is C22H22N4O4S. The van der Waals surface area contributed by atoms with Crippen LogP contribution in [0.4, 0.5) is 16.5 Å². The van der Waals surface area contributed by atoms with Crippen molar-refractivity contribution >= 4 is 55.8 Å². The highest BCUT2D eigenvalue weighted by atomic mass is 32.1. The van der Waals surface area contributed by atoms with Crippen LogP contribution in [0.15, 0.2) is 36.4 Å². The molecule has 1 unspecified atom stereocenters. The Kier molecular flexibility index (Phi) is 5.60. The number of aryl methyl sites for hydroxylation is 1.